The van der Waals surface area contributed by atoms with Crippen LogP contribution in [0.5, 0.6) is 0 Å². The Balaban J connectivity index is 1.56. The Hall–Kier alpha value is -2.39. The van der Waals surface area contributed by atoms with Crippen molar-refractivity contribution < 1.29 is 17.6 Å². The number of nitrogens with one attached hydrogen (secondary N) is 1. The van der Waals surface area contributed by atoms with E-state index in [0.29, 0.717) is 10.9 Å². The Bertz CT molecular complexity index is 1070. The lowest BCUT2D eigenvalue weighted by atomic mass is 10.2. The van der Waals surface area contributed by atoms with Crippen molar-refractivity contribution in [2.45, 2.75) is 18.2 Å². The number of rotatable bonds is 4. The molecule has 152 valence electrons. The summed E-state index contributed by atoms with van der Waals surface area (Å²) in [7, 11) is -3.05. The van der Waals surface area contributed by atoms with Gasteiger partial charge in [0, 0.05) is 16.6 Å². The van der Waals surface area contributed by atoms with Gasteiger partial charge < -0.3 is 10.2 Å². The van der Waals surface area contributed by atoms with Gasteiger partial charge in [0.1, 0.15) is 12.4 Å². The minimum absolute atomic E-state index is 0.0128. The van der Waals surface area contributed by atoms with Crippen LogP contribution in [-0.2, 0) is 14.6 Å². The zero-order valence-electron chi connectivity index (χ0n) is 15.7. The molecule has 0 saturated carbocycles. The largest absolute Gasteiger partial charge is 0.325 e. The maximum Gasteiger partial charge on any atom is 0.244 e. The minimum atomic E-state index is -3.05. The van der Waals surface area contributed by atoms with Crippen LogP contribution in [0.2, 0.25) is 0 Å². The van der Waals surface area contributed by atoms with E-state index in [9.17, 15) is 17.6 Å². The molecule has 2 atom stereocenters. The first kappa shape index (κ1) is 19.9. The number of anilines is 2. The number of benzene rings is 2. The molecule has 2 aliphatic rings. The van der Waals surface area contributed by atoms with Gasteiger partial charge >= 0.3 is 0 Å². The monoisotopic (exact) mass is 433 g/mol. The number of aryl methyl sites for hydroxylation is 1. The van der Waals surface area contributed by atoms with Crippen molar-refractivity contribution in [2.75, 3.05) is 28.3 Å². The first-order valence-electron chi connectivity index (χ1n) is 9.13. The van der Waals surface area contributed by atoms with Gasteiger partial charge in [-0.1, -0.05) is 23.9 Å². The molecule has 2 aromatic carbocycles. The van der Waals surface area contributed by atoms with Gasteiger partial charge in [-0.2, -0.15) is 0 Å². The average Bonchev–Trinajstić information content (AvgIpc) is 3.15. The molecule has 0 radical (unpaired) electrons. The fraction of sp³-hybridized carbons (Fsp3) is 0.300. The lowest BCUT2D eigenvalue weighted by Gasteiger charge is -2.24. The number of nitrogens with zero attached hydrogens (tertiary/aromatic N) is 2. The van der Waals surface area contributed by atoms with Crippen LogP contribution < -0.4 is 10.2 Å². The third-order valence-corrected chi connectivity index (χ3v) is 8.03. The number of amidine groups is 1. The molecular formula is C20H20FN3O3S2. The number of carbonyl (C=O) groups is 1. The van der Waals surface area contributed by atoms with E-state index in [-0.39, 0.29) is 41.1 Å². The van der Waals surface area contributed by atoms with Crippen LogP contribution in [0.3, 0.4) is 0 Å². The Kier molecular flexibility index (Phi) is 5.35. The maximum atomic E-state index is 13.1. The summed E-state index contributed by atoms with van der Waals surface area (Å²) < 4.78 is 36.8. The van der Waals surface area contributed by atoms with Crippen molar-refractivity contribution in [1.29, 1.82) is 0 Å². The van der Waals surface area contributed by atoms with Gasteiger partial charge in [0.15, 0.2) is 15.0 Å². The first-order chi connectivity index (χ1) is 13.8. The van der Waals surface area contributed by atoms with Gasteiger partial charge in [0.2, 0.25) is 5.91 Å². The van der Waals surface area contributed by atoms with Crippen LogP contribution in [0.15, 0.2) is 53.5 Å². The van der Waals surface area contributed by atoms with Crippen LogP contribution in [0.25, 0.3) is 0 Å². The fourth-order valence-electron chi connectivity index (χ4n) is 3.41. The number of fused-ring (bicyclic) bond motifs is 1. The van der Waals surface area contributed by atoms with Crippen LogP contribution in [-0.4, -0.2) is 48.8 Å². The van der Waals surface area contributed by atoms with Crippen LogP contribution in [0.1, 0.15) is 5.56 Å². The molecular weight excluding hydrogens is 413 g/mol. The molecule has 2 aromatic rings. The molecule has 2 heterocycles. The summed E-state index contributed by atoms with van der Waals surface area (Å²) in [5.41, 5.74) is 2.36. The Labute approximate surface area is 173 Å². The third kappa shape index (κ3) is 4.62. The number of hydrogen-bond acceptors (Lipinski definition) is 6. The fourth-order valence-corrected chi connectivity index (χ4v) is 7.19. The molecule has 1 fully saturated rings. The summed E-state index contributed by atoms with van der Waals surface area (Å²) in [4.78, 5) is 19.1. The van der Waals surface area contributed by atoms with Gasteiger partial charge in [-0.3, -0.25) is 9.79 Å². The average molecular weight is 434 g/mol. The second-order valence-corrected chi connectivity index (χ2v) is 10.6. The van der Waals surface area contributed by atoms with Crippen molar-refractivity contribution in [3.8, 4) is 0 Å². The smallest absolute Gasteiger partial charge is 0.244 e. The van der Waals surface area contributed by atoms with E-state index >= 15 is 0 Å². The number of hydrogen-bond donors (Lipinski definition) is 1. The van der Waals surface area contributed by atoms with Crippen molar-refractivity contribution in [3.05, 3.63) is 59.9 Å². The quantitative estimate of drug-likeness (QED) is 0.802. The number of amides is 1. The normalized spacial score (nSPS) is 22.1. The molecule has 0 aromatic heterocycles. The topological polar surface area (TPSA) is 78.8 Å². The highest BCUT2D eigenvalue weighted by molar-refractivity contribution is 8.15. The second kappa shape index (κ2) is 7.79. The highest BCUT2D eigenvalue weighted by Crippen LogP contribution is 2.36. The summed E-state index contributed by atoms with van der Waals surface area (Å²) in [5, 5.41) is 3.30. The summed E-state index contributed by atoms with van der Waals surface area (Å²) in [6, 6.07) is 13.0. The van der Waals surface area contributed by atoms with E-state index in [0.717, 1.165) is 11.3 Å². The molecule has 0 spiro atoms. The minimum Gasteiger partial charge on any atom is -0.325 e. The molecule has 2 aliphatic heterocycles. The van der Waals surface area contributed by atoms with E-state index in [1.54, 1.807) is 0 Å². The van der Waals surface area contributed by atoms with E-state index in [1.165, 1.54) is 36.0 Å². The SMILES string of the molecule is Cc1cccc(N(CC(=O)Nc2ccc(F)cc2)C2=N[C@@H]3CS(=O)(=O)C[C@H]3S2)c1. The molecule has 6 nitrogen and oxygen atoms in total. The van der Waals surface area contributed by atoms with Crippen molar-refractivity contribution >= 4 is 44.0 Å². The molecule has 0 unspecified atom stereocenters. The van der Waals surface area contributed by atoms with Gasteiger partial charge in [-0.25, -0.2) is 12.8 Å². The molecule has 1 amide bonds. The van der Waals surface area contributed by atoms with Crippen molar-refractivity contribution in [3.63, 3.8) is 0 Å². The number of sulfone groups is 1. The van der Waals surface area contributed by atoms with Gasteiger partial charge in [-0.15, -0.1) is 0 Å². The zero-order chi connectivity index (χ0) is 20.6. The number of carbonyl (C=O) groups excluding carboxylic acids is 1. The first-order valence-corrected chi connectivity index (χ1v) is 11.8. The van der Waals surface area contributed by atoms with Gasteiger partial charge in [0.05, 0.1) is 17.5 Å². The van der Waals surface area contributed by atoms with Crippen molar-refractivity contribution in [1.82, 2.24) is 0 Å². The zero-order valence-corrected chi connectivity index (χ0v) is 17.3. The second-order valence-electron chi connectivity index (χ2n) is 7.19. The summed E-state index contributed by atoms with van der Waals surface area (Å²) in [5.74, 6) is -0.482. The predicted octanol–water partition coefficient (Wildman–Crippen LogP) is 2.85. The lowest BCUT2D eigenvalue weighted by Crippen LogP contribution is -2.36. The summed E-state index contributed by atoms with van der Waals surface area (Å²) >= 11 is 1.41. The van der Waals surface area contributed by atoms with E-state index in [2.05, 4.69) is 10.3 Å². The van der Waals surface area contributed by atoms with Crippen LogP contribution in [0.4, 0.5) is 15.8 Å². The van der Waals surface area contributed by atoms with Crippen LogP contribution >= 0.6 is 11.8 Å². The van der Waals surface area contributed by atoms with E-state index in [1.807, 2.05) is 36.1 Å². The Morgan fingerprint density at radius 1 is 1.24 bits per heavy atom. The summed E-state index contributed by atoms with van der Waals surface area (Å²) in [6.07, 6.45) is 0. The molecule has 1 saturated heterocycles. The standard InChI is InChI=1S/C20H20FN3O3S2/c1-13-3-2-4-16(9-13)24(10-19(25)22-15-7-5-14(21)6-8-15)20-23-17-11-29(26,27)12-18(17)28-20/h2-9,17-18H,10-12H2,1H3,(H,22,25)/t17-,18-/m1/s1. The molecule has 0 bridgehead atoms. The van der Waals surface area contributed by atoms with E-state index in [4.69, 9.17) is 0 Å². The molecule has 0 aliphatic carbocycles. The van der Waals surface area contributed by atoms with E-state index < -0.39 is 9.84 Å². The number of thioether (sulfide) groups is 1. The molecule has 4 rings (SSSR count). The maximum absolute atomic E-state index is 13.1. The third-order valence-electron chi connectivity index (χ3n) is 4.78. The molecule has 9 heteroatoms. The van der Waals surface area contributed by atoms with Crippen LogP contribution in [0, 0.1) is 12.7 Å². The predicted molar refractivity (Wildman–Crippen MR) is 115 cm³/mol. The van der Waals surface area contributed by atoms with Crippen molar-refractivity contribution in [2.24, 2.45) is 4.99 Å². The number of aliphatic imine (C=N–C) groups is 1. The van der Waals surface area contributed by atoms with Gasteiger partial charge in [0.25, 0.3) is 0 Å². The molecule has 1 N–H and O–H groups in total. The Morgan fingerprint density at radius 3 is 2.69 bits per heavy atom. The molecule has 29 heavy (non-hydrogen) atoms. The lowest BCUT2D eigenvalue weighted by molar-refractivity contribution is -0.114. The summed E-state index contributed by atoms with van der Waals surface area (Å²) in [6.45, 7) is 1.98. The van der Waals surface area contributed by atoms with Gasteiger partial charge in [-0.05, 0) is 48.9 Å². The highest BCUT2D eigenvalue weighted by atomic mass is 32.2. The Morgan fingerprint density at radius 2 is 2.00 bits per heavy atom. The number of halogens is 1. The highest BCUT2D eigenvalue weighted by Gasteiger charge is 2.44.